The zero-order valence-corrected chi connectivity index (χ0v) is 13.3. The minimum absolute atomic E-state index is 0.0409. The molecule has 2 N–H and O–H groups in total. The van der Waals surface area contributed by atoms with E-state index in [4.69, 9.17) is 5.73 Å². The number of nitrogens with two attached hydrogens (primary N) is 1. The van der Waals surface area contributed by atoms with Crippen molar-refractivity contribution < 1.29 is 8.42 Å². The van der Waals surface area contributed by atoms with Gasteiger partial charge in [-0.2, -0.15) is 8.42 Å². The van der Waals surface area contributed by atoms with Gasteiger partial charge < -0.3 is 10.3 Å². The van der Waals surface area contributed by atoms with Crippen LogP contribution in [0, 0.1) is 6.92 Å². The van der Waals surface area contributed by atoms with Crippen molar-refractivity contribution in [1.29, 1.82) is 0 Å². The van der Waals surface area contributed by atoms with Gasteiger partial charge in [0.25, 0.3) is 10.0 Å². The maximum absolute atomic E-state index is 12.6. The third kappa shape index (κ3) is 2.87. The molecule has 6 nitrogen and oxygen atoms in total. The van der Waals surface area contributed by atoms with Crippen LogP contribution >= 0.6 is 0 Å². The summed E-state index contributed by atoms with van der Waals surface area (Å²) in [5, 5.41) is 0.0409. The minimum atomic E-state index is -3.71. The number of benzene rings is 1. The Kier molecular flexibility index (Phi) is 4.22. The van der Waals surface area contributed by atoms with E-state index in [0.717, 1.165) is 13.0 Å². The first-order valence-corrected chi connectivity index (χ1v) is 8.19. The van der Waals surface area contributed by atoms with Crippen molar-refractivity contribution >= 4 is 21.4 Å². The third-order valence-electron chi connectivity index (χ3n) is 3.32. The Hall–Kier alpha value is -2.02. The Bertz CT molecular complexity index is 737. The van der Waals surface area contributed by atoms with E-state index in [2.05, 4.69) is 4.98 Å². The van der Waals surface area contributed by atoms with Crippen molar-refractivity contribution in [3.8, 4) is 0 Å². The summed E-state index contributed by atoms with van der Waals surface area (Å²) in [6, 6.07) is 6.85. The fraction of sp³-hybridized carbons (Fsp3) is 0.357. The van der Waals surface area contributed by atoms with Crippen LogP contribution in [0.4, 0.5) is 11.4 Å². The number of aromatic nitrogens is 2. The van der Waals surface area contributed by atoms with Crippen LogP contribution in [0.3, 0.4) is 0 Å². The molecule has 0 radical (unpaired) electrons. The number of para-hydroxylation sites is 2. The number of sulfonamides is 1. The second-order valence-corrected chi connectivity index (χ2v) is 6.77. The minimum Gasteiger partial charge on any atom is -0.397 e. The van der Waals surface area contributed by atoms with E-state index in [1.807, 2.05) is 11.5 Å². The number of nitrogens with zero attached hydrogens (tertiary/aromatic N) is 3. The molecule has 2 rings (SSSR count). The van der Waals surface area contributed by atoms with Crippen LogP contribution in [0.5, 0.6) is 0 Å². The molecule has 0 spiro atoms. The highest BCUT2D eigenvalue weighted by Gasteiger charge is 2.26. The molecule has 114 valence electrons. The largest absolute Gasteiger partial charge is 0.397 e. The van der Waals surface area contributed by atoms with Crippen molar-refractivity contribution in [2.75, 3.05) is 17.1 Å². The van der Waals surface area contributed by atoms with E-state index < -0.39 is 10.0 Å². The SMILES string of the molecule is CCCn1cc(S(=O)(=O)N(C)c2ccccc2N)nc1C. The van der Waals surface area contributed by atoms with E-state index in [-0.39, 0.29) is 5.03 Å². The van der Waals surface area contributed by atoms with Crippen molar-refractivity contribution in [3.05, 3.63) is 36.3 Å². The van der Waals surface area contributed by atoms with Gasteiger partial charge in [0.2, 0.25) is 0 Å². The number of hydrogen-bond acceptors (Lipinski definition) is 4. The molecule has 0 saturated heterocycles. The average Bonchev–Trinajstić information content (AvgIpc) is 2.81. The number of hydrogen-bond donors (Lipinski definition) is 1. The van der Waals surface area contributed by atoms with Crippen LogP contribution in [0.1, 0.15) is 19.2 Å². The van der Waals surface area contributed by atoms with E-state index in [0.29, 0.717) is 17.2 Å². The van der Waals surface area contributed by atoms with Crippen LogP contribution in [0.2, 0.25) is 0 Å². The molecule has 0 unspecified atom stereocenters. The monoisotopic (exact) mass is 308 g/mol. The first kappa shape index (κ1) is 15.4. The number of rotatable bonds is 5. The van der Waals surface area contributed by atoms with Gasteiger partial charge in [0.15, 0.2) is 5.03 Å². The summed E-state index contributed by atoms with van der Waals surface area (Å²) in [4.78, 5) is 4.17. The zero-order valence-electron chi connectivity index (χ0n) is 12.4. The van der Waals surface area contributed by atoms with Crippen molar-refractivity contribution in [2.45, 2.75) is 31.8 Å². The van der Waals surface area contributed by atoms with Gasteiger partial charge in [0.05, 0.1) is 11.4 Å². The Morgan fingerprint density at radius 1 is 1.33 bits per heavy atom. The van der Waals surface area contributed by atoms with Crippen LogP contribution < -0.4 is 10.0 Å². The highest BCUT2D eigenvalue weighted by atomic mass is 32.2. The van der Waals surface area contributed by atoms with Crippen LogP contribution in [0.25, 0.3) is 0 Å². The van der Waals surface area contributed by atoms with Gasteiger partial charge in [-0.3, -0.25) is 4.31 Å². The molecule has 1 heterocycles. The molecule has 0 amide bonds. The summed E-state index contributed by atoms with van der Waals surface area (Å²) in [6.07, 6.45) is 2.49. The first-order valence-electron chi connectivity index (χ1n) is 6.75. The van der Waals surface area contributed by atoms with Gasteiger partial charge in [0.1, 0.15) is 5.82 Å². The normalized spacial score (nSPS) is 11.6. The lowest BCUT2D eigenvalue weighted by Gasteiger charge is -2.19. The fourth-order valence-electron chi connectivity index (χ4n) is 2.11. The molecule has 0 atom stereocenters. The number of imidazole rings is 1. The lowest BCUT2D eigenvalue weighted by Crippen LogP contribution is -2.27. The summed E-state index contributed by atoms with van der Waals surface area (Å²) in [6.45, 7) is 4.57. The van der Waals surface area contributed by atoms with E-state index in [1.54, 1.807) is 37.4 Å². The van der Waals surface area contributed by atoms with E-state index in [9.17, 15) is 8.42 Å². The van der Waals surface area contributed by atoms with Crippen molar-refractivity contribution in [2.24, 2.45) is 0 Å². The molecule has 0 aliphatic heterocycles. The number of nitrogen functional groups attached to an aromatic ring is 1. The maximum atomic E-state index is 12.6. The molecular weight excluding hydrogens is 288 g/mol. The smallest absolute Gasteiger partial charge is 0.283 e. The third-order valence-corrected chi connectivity index (χ3v) is 4.96. The molecule has 0 fully saturated rings. The summed E-state index contributed by atoms with van der Waals surface area (Å²) in [7, 11) is -2.23. The predicted molar refractivity (Wildman–Crippen MR) is 83.7 cm³/mol. The molecule has 0 saturated carbocycles. The Balaban J connectivity index is 2.42. The quantitative estimate of drug-likeness (QED) is 0.857. The van der Waals surface area contributed by atoms with Gasteiger partial charge in [0, 0.05) is 19.8 Å². The van der Waals surface area contributed by atoms with Crippen molar-refractivity contribution in [3.63, 3.8) is 0 Å². The summed E-state index contributed by atoms with van der Waals surface area (Å²) in [5.41, 5.74) is 6.70. The highest BCUT2D eigenvalue weighted by molar-refractivity contribution is 7.92. The molecular formula is C14H20N4O2S. The topological polar surface area (TPSA) is 81.2 Å². The van der Waals surface area contributed by atoms with Crippen LogP contribution in [-0.4, -0.2) is 25.0 Å². The Labute approximate surface area is 125 Å². The van der Waals surface area contributed by atoms with Gasteiger partial charge in [-0.05, 0) is 25.5 Å². The fourth-order valence-corrected chi connectivity index (χ4v) is 3.33. The second-order valence-electron chi connectivity index (χ2n) is 4.85. The molecule has 1 aromatic heterocycles. The molecule has 1 aromatic carbocycles. The van der Waals surface area contributed by atoms with Gasteiger partial charge >= 0.3 is 0 Å². The van der Waals surface area contributed by atoms with E-state index in [1.165, 1.54) is 11.4 Å². The second kappa shape index (κ2) is 5.77. The highest BCUT2D eigenvalue weighted by Crippen LogP contribution is 2.26. The maximum Gasteiger partial charge on any atom is 0.283 e. The lowest BCUT2D eigenvalue weighted by atomic mass is 10.3. The Morgan fingerprint density at radius 2 is 2.00 bits per heavy atom. The average molecular weight is 308 g/mol. The molecule has 21 heavy (non-hydrogen) atoms. The van der Waals surface area contributed by atoms with E-state index >= 15 is 0 Å². The molecule has 0 aliphatic rings. The van der Waals surface area contributed by atoms with Gasteiger partial charge in [-0.15, -0.1) is 0 Å². The van der Waals surface area contributed by atoms with Crippen LogP contribution in [0.15, 0.2) is 35.5 Å². The number of aryl methyl sites for hydroxylation is 2. The van der Waals surface area contributed by atoms with Gasteiger partial charge in [-0.1, -0.05) is 19.1 Å². The first-order chi connectivity index (χ1) is 9.87. The molecule has 2 aromatic rings. The lowest BCUT2D eigenvalue weighted by molar-refractivity contribution is 0.591. The summed E-state index contributed by atoms with van der Waals surface area (Å²) < 4.78 is 28.3. The molecule has 0 aliphatic carbocycles. The van der Waals surface area contributed by atoms with Crippen molar-refractivity contribution in [1.82, 2.24) is 9.55 Å². The predicted octanol–water partition coefficient (Wildman–Crippen LogP) is 2.01. The zero-order chi connectivity index (χ0) is 15.6. The van der Waals surface area contributed by atoms with Gasteiger partial charge in [-0.25, -0.2) is 4.98 Å². The van der Waals surface area contributed by atoms with Crippen LogP contribution in [-0.2, 0) is 16.6 Å². The summed E-state index contributed by atoms with van der Waals surface area (Å²) in [5.74, 6) is 0.685. The molecule has 0 bridgehead atoms. The standard InChI is InChI=1S/C14H20N4O2S/c1-4-9-18-10-14(16-11(18)2)21(19,20)17(3)13-8-6-5-7-12(13)15/h5-8,10H,4,9,15H2,1-3H3. The number of anilines is 2. The Morgan fingerprint density at radius 3 is 2.62 bits per heavy atom. The summed E-state index contributed by atoms with van der Waals surface area (Å²) >= 11 is 0. The molecule has 7 heteroatoms.